The van der Waals surface area contributed by atoms with Crippen LogP contribution in [-0.4, -0.2) is 21.8 Å². The first-order chi connectivity index (χ1) is 7.54. The van der Waals surface area contributed by atoms with Crippen molar-refractivity contribution >= 4 is 0 Å². The van der Waals surface area contributed by atoms with Crippen LogP contribution in [0.2, 0.25) is 0 Å². The van der Waals surface area contributed by atoms with Gasteiger partial charge in [0.15, 0.2) is 0 Å². The van der Waals surface area contributed by atoms with Crippen LogP contribution < -0.4 is 4.74 Å². The van der Waals surface area contributed by atoms with E-state index in [4.69, 9.17) is 0 Å². The van der Waals surface area contributed by atoms with E-state index in [9.17, 15) is 13.2 Å². The highest BCUT2D eigenvalue weighted by atomic mass is 19.4. The van der Waals surface area contributed by atoms with Crippen LogP contribution in [0.1, 0.15) is 0 Å². The number of halogens is 3. The number of aromatic nitrogens is 3. The van der Waals surface area contributed by atoms with Crippen LogP contribution >= 0.6 is 0 Å². The van der Waals surface area contributed by atoms with Crippen molar-refractivity contribution in [2.75, 3.05) is 0 Å². The Morgan fingerprint density at radius 3 is 2.69 bits per heavy atom. The minimum absolute atomic E-state index is 0.284. The van der Waals surface area contributed by atoms with Gasteiger partial charge in [-0.3, -0.25) is 5.10 Å². The predicted molar refractivity (Wildman–Crippen MR) is 48.5 cm³/mol. The first-order valence-corrected chi connectivity index (χ1v) is 4.27. The average molecular weight is 229 g/mol. The number of hydrogen-bond acceptors (Lipinski definition) is 3. The highest BCUT2D eigenvalue weighted by Gasteiger charge is 2.31. The number of rotatable bonds is 2. The van der Waals surface area contributed by atoms with Gasteiger partial charge < -0.3 is 4.74 Å². The molecule has 1 heterocycles. The second kappa shape index (κ2) is 3.84. The molecule has 0 fully saturated rings. The van der Waals surface area contributed by atoms with Gasteiger partial charge in [0.1, 0.15) is 11.4 Å². The molecule has 0 atom stereocenters. The molecule has 0 spiro atoms. The summed E-state index contributed by atoms with van der Waals surface area (Å²) in [6.45, 7) is 0. The maximum atomic E-state index is 12.0. The lowest BCUT2D eigenvalue weighted by atomic mass is 10.1. The molecule has 0 saturated carbocycles. The molecule has 0 saturated heterocycles. The number of ether oxygens (including phenoxy) is 1. The quantitative estimate of drug-likeness (QED) is 0.859. The Morgan fingerprint density at radius 1 is 1.25 bits per heavy atom. The fraction of sp³-hybridized carbons (Fsp3) is 0.111. The van der Waals surface area contributed by atoms with Crippen LogP contribution in [0.4, 0.5) is 13.2 Å². The van der Waals surface area contributed by atoms with Crippen LogP contribution in [0.3, 0.4) is 0 Å². The third-order valence-corrected chi connectivity index (χ3v) is 1.78. The molecule has 0 amide bonds. The molecule has 0 unspecified atom stereocenters. The molecule has 0 aliphatic carbocycles. The number of aromatic amines is 1. The van der Waals surface area contributed by atoms with Crippen molar-refractivity contribution in [2.24, 2.45) is 0 Å². The minimum atomic E-state index is -4.69. The summed E-state index contributed by atoms with van der Waals surface area (Å²) in [6, 6.07) is 5.52. The van der Waals surface area contributed by atoms with Crippen molar-refractivity contribution in [1.29, 1.82) is 0 Å². The second-order valence-electron chi connectivity index (χ2n) is 2.93. The number of nitrogens with one attached hydrogen (secondary N) is 1. The van der Waals surface area contributed by atoms with Gasteiger partial charge in [0.25, 0.3) is 0 Å². The smallest absolute Gasteiger partial charge is 0.406 e. The van der Waals surface area contributed by atoms with E-state index < -0.39 is 6.36 Å². The molecular formula is C9H6F3N3O. The normalized spacial score (nSPS) is 11.4. The Hall–Kier alpha value is -2.05. The third kappa shape index (κ3) is 2.50. The summed E-state index contributed by atoms with van der Waals surface area (Å²) in [5, 5.41) is 9.62. The molecule has 0 aliphatic heterocycles. The van der Waals surface area contributed by atoms with Crippen LogP contribution in [0.15, 0.2) is 30.5 Å². The molecule has 4 nitrogen and oxygen atoms in total. The molecule has 7 heteroatoms. The second-order valence-corrected chi connectivity index (χ2v) is 2.93. The van der Waals surface area contributed by atoms with Crippen LogP contribution in [0, 0.1) is 0 Å². The Balaban J connectivity index is 2.27. The van der Waals surface area contributed by atoms with E-state index in [1.54, 1.807) is 6.07 Å². The van der Waals surface area contributed by atoms with E-state index in [0.29, 0.717) is 11.3 Å². The zero-order valence-corrected chi connectivity index (χ0v) is 7.82. The van der Waals surface area contributed by atoms with E-state index >= 15 is 0 Å². The SMILES string of the molecule is FC(F)(F)Oc1cccc(-c2c[nH]nn2)c1. The van der Waals surface area contributed by atoms with Crippen molar-refractivity contribution < 1.29 is 17.9 Å². The van der Waals surface area contributed by atoms with Crippen LogP contribution in [-0.2, 0) is 0 Å². The van der Waals surface area contributed by atoms with Gasteiger partial charge in [0, 0.05) is 11.8 Å². The Bertz CT molecular complexity index is 467. The number of hydrogen-bond donors (Lipinski definition) is 1. The third-order valence-electron chi connectivity index (χ3n) is 1.78. The summed E-state index contributed by atoms with van der Waals surface area (Å²) in [4.78, 5) is 0. The number of benzene rings is 1. The van der Waals surface area contributed by atoms with Crippen molar-refractivity contribution in [1.82, 2.24) is 15.4 Å². The molecule has 1 aromatic heterocycles. The summed E-state index contributed by atoms with van der Waals surface area (Å²) in [7, 11) is 0. The largest absolute Gasteiger partial charge is 0.573 e. The van der Waals surface area contributed by atoms with Gasteiger partial charge in [-0.1, -0.05) is 17.3 Å². The van der Waals surface area contributed by atoms with Crippen molar-refractivity contribution in [3.8, 4) is 17.0 Å². The summed E-state index contributed by atoms with van der Waals surface area (Å²) < 4.78 is 39.7. The number of nitrogens with zero attached hydrogens (tertiary/aromatic N) is 2. The Morgan fingerprint density at radius 2 is 2.06 bits per heavy atom. The van der Waals surface area contributed by atoms with Gasteiger partial charge in [-0.2, -0.15) is 0 Å². The maximum Gasteiger partial charge on any atom is 0.573 e. The van der Waals surface area contributed by atoms with Gasteiger partial charge in [-0.05, 0) is 12.1 Å². The molecule has 1 aromatic carbocycles. The lowest BCUT2D eigenvalue weighted by Gasteiger charge is -2.08. The van der Waals surface area contributed by atoms with Gasteiger partial charge in [-0.25, -0.2) is 0 Å². The van der Waals surface area contributed by atoms with E-state index in [0.717, 1.165) is 0 Å². The van der Waals surface area contributed by atoms with Gasteiger partial charge in [0.2, 0.25) is 0 Å². The first-order valence-electron chi connectivity index (χ1n) is 4.27. The van der Waals surface area contributed by atoms with Crippen LogP contribution in [0.5, 0.6) is 5.75 Å². The van der Waals surface area contributed by atoms with Crippen LogP contribution in [0.25, 0.3) is 11.3 Å². The molecule has 84 valence electrons. The van der Waals surface area contributed by atoms with E-state index in [1.807, 2.05) is 0 Å². The molecule has 2 rings (SSSR count). The zero-order chi connectivity index (χ0) is 11.6. The van der Waals surface area contributed by atoms with Gasteiger partial charge >= 0.3 is 6.36 Å². The average Bonchev–Trinajstić information content (AvgIpc) is 2.68. The van der Waals surface area contributed by atoms with Crippen molar-refractivity contribution in [3.05, 3.63) is 30.5 Å². The lowest BCUT2D eigenvalue weighted by Crippen LogP contribution is -2.17. The Kier molecular flexibility index (Phi) is 2.51. The molecule has 16 heavy (non-hydrogen) atoms. The molecule has 0 radical (unpaired) electrons. The van der Waals surface area contributed by atoms with Gasteiger partial charge in [0.05, 0.1) is 0 Å². The lowest BCUT2D eigenvalue weighted by molar-refractivity contribution is -0.274. The standard InChI is InChI=1S/C9H6F3N3O/c10-9(11,12)16-7-3-1-2-6(4-7)8-5-13-15-14-8/h1-5H,(H,13,14,15). The topological polar surface area (TPSA) is 50.8 Å². The summed E-state index contributed by atoms with van der Waals surface area (Å²) in [6.07, 6.45) is -3.21. The molecule has 0 aliphatic rings. The van der Waals surface area contributed by atoms with Gasteiger partial charge in [-0.15, -0.1) is 18.3 Å². The number of alkyl halides is 3. The van der Waals surface area contributed by atoms with E-state index in [-0.39, 0.29) is 5.75 Å². The molecule has 2 aromatic rings. The first kappa shape index (κ1) is 10.5. The number of H-pyrrole nitrogens is 1. The summed E-state index contributed by atoms with van der Waals surface area (Å²) >= 11 is 0. The Labute approximate surface area is 88.0 Å². The monoisotopic (exact) mass is 229 g/mol. The minimum Gasteiger partial charge on any atom is -0.406 e. The molecule has 0 bridgehead atoms. The highest BCUT2D eigenvalue weighted by molar-refractivity contribution is 5.59. The molecule has 1 N–H and O–H groups in total. The van der Waals surface area contributed by atoms with Crippen molar-refractivity contribution in [3.63, 3.8) is 0 Å². The summed E-state index contributed by atoms with van der Waals surface area (Å²) in [5.41, 5.74) is 0.947. The van der Waals surface area contributed by atoms with E-state index in [1.165, 1.54) is 24.4 Å². The van der Waals surface area contributed by atoms with E-state index in [2.05, 4.69) is 20.1 Å². The fourth-order valence-electron chi connectivity index (χ4n) is 1.20. The molecular weight excluding hydrogens is 223 g/mol. The fourth-order valence-corrected chi connectivity index (χ4v) is 1.20. The summed E-state index contributed by atoms with van der Waals surface area (Å²) in [5.74, 6) is -0.284. The van der Waals surface area contributed by atoms with Crippen molar-refractivity contribution in [2.45, 2.75) is 6.36 Å². The predicted octanol–water partition coefficient (Wildman–Crippen LogP) is 2.37. The zero-order valence-electron chi connectivity index (χ0n) is 7.82. The maximum absolute atomic E-state index is 12.0. The highest BCUT2D eigenvalue weighted by Crippen LogP contribution is 2.26.